The summed E-state index contributed by atoms with van der Waals surface area (Å²) in [5, 5.41) is 1.81. The number of hydrogen-bond acceptors (Lipinski definition) is 2. The summed E-state index contributed by atoms with van der Waals surface area (Å²) in [5.74, 6) is -0.0425. The van der Waals surface area contributed by atoms with Crippen molar-refractivity contribution in [2.24, 2.45) is 0 Å². The van der Waals surface area contributed by atoms with Crippen LogP contribution in [0.4, 0.5) is 0 Å². The number of nitrogens with zero attached hydrogens (tertiary/aromatic N) is 3. The number of aryl methyl sites for hydroxylation is 1. The van der Waals surface area contributed by atoms with Gasteiger partial charge < -0.3 is 14.4 Å². The van der Waals surface area contributed by atoms with Crippen LogP contribution in [0, 0.1) is 0 Å². The van der Waals surface area contributed by atoms with Crippen LogP contribution in [-0.2, 0) is 11.3 Å². The zero-order valence-electron chi connectivity index (χ0n) is 15.9. The second-order valence-electron chi connectivity index (χ2n) is 7.09. The van der Waals surface area contributed by atoms with E-state index >= 15 is 0 Å². The fraction of sp³-hybridized carbons (Fsp3) is 0.273. The van der Waals surface area contributed by atoms with E-state index in [1.165, 1.54) is 5.39 Å². The van der Waals surface area contributed by atoms with Gasteiger partial charge in [-0.15, -0.1) is 0 Å². The number of carbonyl (C=O) groups excluding carboxylic acids is 2. The minimum atomic E-state index is -0.150. The third-order valence-corrected chi connectivity index (χ3v) is 6.17. The summed E-state index contributed by atoms with van der Waals surface area (Å²) < 4.78 is 2.11. The van der Waals surface area contributed by atoms with Gasteiger partial charge in [0.25, 0.3) is 5.91 Å². The minimum absolute atomic E-state index is 0.107. The van der Waals surface area contributed by atoms with Crippen LogP contribution in [0.2, 0.25) is 10.0 Å². The monoisotopic (exact) mass is 429 g/mol. The van der Waals surface area contributed by atoms with Crippen LogP contribution in [0.3, 0.4) is 0 Å². The van der Waals surface area contributed by atoms with Crippen LogP contribution in [0.1, 0.15) is 16.8 Å². The van der Waals surface area contributed by atoms with Crippen LogP contribution in [0.15, 0.2) is 54.7 Å². The van der Waals surface area contributed by atoms with Crippen molar-refractivity contribution in [1.29, 1.82) is 0 Å². The highest BCUT2D eigenvalue weighted by Crippen LogP contribution is 2.27. The first kappa shape index (κ1) is 19.8. The topological polar surface area (TPSA) is 45.6 Å². The largest absolute Gasteiger partial charge is 0.347 e. The SMILES string of the molecule is O=C(CCn1ccc2ccccc21)N1CCN(C(=O)c2cccc(Cl)c2Cl)CC1. The normalized spacial score (nSPS) is 14.4. The predicted octanol–water partition coefficient (Wildman–Crippen LogP) is 4.32. The Morgan fingerprint density at radius 2 is 1.59 bits per heavy atom. The molecule has 0 unspecified atom stereocenters. The van der Waals surface area contributed by atoms with E-state index in [0.29, 0.717) is 49.7 Å². The number of para-hydroxylation sites is 1. The molecule has 5 nitrogen and oxygen atoms in total. The lowest BCUT2D eigenvalue weighted by atomic mass is 10.1. The van der Waals surface area contributed by atoms with Gasteiger partial charge in [-0.2, -0.15) is 0 Å². The summed E-state index contributed by atoms with van der Waals surface area (Å²) in [7, 11) is 0. The van der Waals surface area contributed by atoms with Crippen LogP contribution < -0.4 is 0 Å². The molecule has 0 bridgehead atoms. The highest BCUT2D eigenvalue weighted by molar-refractivity contribution is 6.43. The van der Waals surface area contributed by atoms with Crippen molar-refractivity contribution >= 4 is 45.9 Å². The molecular weight excluding hydrogens is 409 g/mol. The highest BCUT2D eigenvalue weighted by atomic mass is 35.5. The molecule has 0 spiro atoms. The van der Waals surface area contributed by atoms with Crippen molar-refractivity contribution in [2.75, 3.05) is 26.2 Å². The smallest absolute Gasteiger partial charge is 0.255 e. The van der Waals surface area contributed by atoms with E-state index in [-0.39, 0.29) is 16.8 Å². The lowest BCUT2D eigenvalue weighted by Crippen LogP contribution is -2.50. The first-order chi connectivity index (χ1) is 14.0. The summed E-state index contributed by atoms with van der Waals surface area (Å²) in [4.78, 5) is 28.9. The minimum Gasteiger partial charge on any atom is -0.347 e. The van der Waals surface area contributed by atoms with Gasteiger partial charge in [0.1, 0.15) is 0 Å². The van der Waals surface area contributed by atoms with E-state index in [1.807, 2.05) is 23.2 Å². The number of rotatable bonds is 4. The summed E-state index contributed by atoms with van der Waals surface area (Å²) in [6.07, 6.45) is 2.45. The molecule has 2 heterocycles. The zero-order chi connectivity index (χ0) is 20.4. The third-order valence-electron chi connectivity index (χ3n) is 5.35. The van der Waals surface area contributed by atoms with Gasteiger partial charge in [0.2, 0.25) is 5.91 Å². The number of fused-ring (bicyclic) bond motifs is 1. The van der Waals surface area contributed by atoms with Crippen molar-refractivity contribution < 1.29 is 9.59 Å². The lowest BCUT2D eigenvalue weighted by Gasteiger charge is -2.35. The van der Waals surface area contributed by atoms with E-state index < -0.39 is 0 Å². The molecule has 1 aliphatic rings. The number of aromatic nitrogens is 1. The zero-order valence-corrected chi connectivity index (χ0v) is 17.4. The number of piperazine rings is 1. The van der Waals surface area contributed by atoms with Gasteiger partial charge in [-0.3, -0.25) is 9.59 Å². The fourth-order valence-corrected chi connectivity index (χ4v) is 4.09. The third kappa shape index (κ3) is 4.11. The van der Waals surface area contributed by atoms with Crippen LogP contribution in [0.25, 0.3) is 10.9 Å². The van der Waals surface area contributed by atoms with Gasteiger partial charge in [-0.1, -0.05) is 47.5 Å². The molecule has 1 fully saturated rings. The van der Waals surface area contributed by atoms with E-state index in [4.69, 9.17) is 23.2 Å². The molecular formula is C22H21Cl2N3O2. The average molecular weight is 430 g/mol. The molecule has 0 aliphatic carbocycles. The number of carbonyl (C=O) groups is 2. The van der Waals surface area contributed by atoms with E-state index in [2.05, 4.69) is 22.8 Å². The van der Waals surface area contributed by atoms with Gasteiger partial charge in [0.05, 0.1) is 15.6 Å². The molecule has 0 N–H and O–H groups in total. The summed E-state index contributed by atoms with van der Waals surface area (Å²) in [5.41, 5.74) is 1.53. The van der Waals surface area contributed by atoms with Crippen molar-refractivity contribution in [2.45, 2.75) is 13.0 Å². The molecule has 7 heteroatoms. The van der Waals surface area contributed by atoms with Gasteiger partial charge in [-0.05, 0) is 29.7 Å². The summed E-state index contributed by atoms with van der Waals surface area (Å²) in [6.45, 7) is 2.66. The Morgan fingerprint density at radius 1 is 0.862 bits per heavy atom. The van der Waals surface area contributed by atoms with E-state index in [9.17, 15) is 9.59 Å². The molecule has 2 amide bonds. The number of benzene rings is 2. The maximum absolute atomic E-state index is 12.7. The Morgan fingerprint density at radius 3 is 2.38 bits per heavy atom. The van der Waals surface area contributed by atoms with Gasteiger partial charge in [-0.25, -0.2) is 0 Å². The Hall–Kier alpha value is -2.50. The quantitative estimate of drug-likeness (QED) is 0.619. The average Bonchev–Trinajstić information content (AvgIpc) is 3.17. The Kier molecular flexibility index (Phi) is 5.79. The lowest BCUT2D eigenvalue weighted by molar-refractivity contribution is -0.132. The number of halogens is 2. The summed E-state index contributed by atoms with van der Waals surface area (Å²) >= 11 is 12.2. The Bertz CT molecular complexity index is 1060. The number of hydrogen-bond donors (Lipinski definition) is 0. The van der Waals surface area contributed by atoms with Gasteiger partial charge in [0, 0.05) is 50.9 Å². The van der Waals surface area contributed by atoms with Crippen molar-refractivity contribution in [1.82, 2.24) is 14.4 Å². The van der Waals surface area contributed by atoms with Gasteiger partial charge >= 0.3 is 0 Å². The molecule has 4 rings (SSSR count). The van der Waals surface area contributed by atoms with Crippen LogP contribution in [0.5, 0.6) is 0 Å². The molecule has 0 radical (unpaired) electrons. The fourth-order valence-electron chi connectivity index (χ4n) is 3.71. The molecule has 0 saturated carbocycles. The molecule has 150 valence electrons. The molecule has 2 aromatic carbocycles. The van der Waals surface area contributed by atoms with E-state index in [1.54, 1.807) is 23.1 Å². The molecule has 1 aromatic heterocycles. The second-order valence-corrected chi connectivity index (χ2v) is 7.88. The second kappa shape index (κ2) is 8.47. The van der Waals surface area contributed by atoms with Crippen LogP contribution in [-0.4, -0.2) is 52.4 Å². The molecule has 0 atom stereocenters. The van der Waals surface area contributed by atoms with E-state index in [0.717, 1.165) is 5.52 Å². The van der Waals surface area contributed by atoms with Crippen molar-refractivity contribution in [3.8, 4) is 0 Å². The van der Waals surface area contributed by atoms with Crippen molar-refractivity contribution in [3.05, 3.63) is 70.3 Å². The number of amides is 2. The summed E-state index contributed by atoms with van der Waals surface area (Å²) in [6, 6.07) is 15.2. The van der Waals surface area contributed by atoms with Crippen molar-refractivity contribution in [3.63, 3.8) is 0 Å². The molecule has 1 saturated heterocycles. The highest BCUT2D eigenvalue weighted by Gasteiger charge is 2.26. The Balaban J connectivity index is 1.32. The maximum atomic E-state index is 12.7. The molecule has 3 aromatic rings. The standard InChI is InChI=1S/C22H21Cl2N3O2/c23-18-6-3-5-17(21(18)24)22(29)27-14-12-26(13-15-27)20(28)9-11-25-10-8-16-4-1-2-7-19(16)25/h1-8,10H,9,11-15H2. The maximum Gasteiger partial charge on any atom is 0.255 e. The van der Waals surface area contributed by atoms with Gasteiger partial charge in [0.15, 0.2) is 0 Å². The first-order valence-corrected chi connectivity index (χ1v) is 10.3. The van der Waals surface area contributed by atoms with Crippen LogP contribution >= 0.6 is 23.2 Å². The molecule has 29 heavy (non-hydrogen) atoms. The Labute approximate surface area is 179 Å². The first-order valence-electron chi connectivity index (χ1n) is 9.59. The molecule has 1 aliphatic heterocycles. The predicted molar refractivity (Wildman–Crippen MR) is 116 cm³/mol.